The first-order valence-corrected chi connectivity index (χ1v) is 7.75. The van der Waals surface area contributed by atoms with Crippen LogP contribution in [0.2, 0.25) is 0 Å². The van der Waals surface area contributed by atoms with Crippen molar-refractivity contribution in [2.75, 3.05) is 0 Å². The first-order chi connectivity index (χ1) is 10.6. The number of aromatic nitrogens is 1. The molecule has 112 valence electrons. The van der Waals surface area contributed by atoms with Gasteiger partial charge in [0.05, 0.1) is 6.04 Å². The maximum absolute atomic E-state index is 12.5. The Kier molecular flexibility index (Phi) is 3.98. The van der Waals surface area contributed by atoms with Gasteiger partial charge in [-0.3, -0.25) is 9.78 Å². The highest BCUT2D eigenvalue weighted by atomic mass is 79.9. The van der Waals surface area contributed by atoms with E-state index in [0.29, 0.717) is 11.3 Å². The molecule has 0 saturated heterocycles. The lowest BCUT2D eigenvalue weighted by molar-refractivity contribution is 0.0913. The van der Waals surface area contributed by atoms with Crippen LogP contribution >= 0.6 is 15.9 Å². The Morgan fingerprint density at radius 2 is 2.00 bits per heavy atom. The average molecular weight is 359 g/mol. The maximum Gasteiger partial charge on any atom is 0.287 e. The summed E-state index contributed by atoms with van der Waals surface area (Å²) in [6, 6.07) is 9.36. The smallest absolute Gasteiger partial charge is 0.287 e. The monoisotopic (exact) mass is 358 g/mol. The fourth-order valence-electron chi connectivity index (χ4n) is 2.41. The molecule has 1 amide bonds. The van der Waals surface area contributed by atoms with Crippen LogP contribution in [0.1, 0.15) is 34.6 Å². The minimum Gasteiger partial charge on any atom is -0.451 e. The number of benzene rings is 1. The second-order valence-electron chi connectivity index (χ2n) is 5.17. The molecule has 1 unspecified atom stereocenters. The summed E-state index contributed by atoms with van der Waals surface area (Å²) < 4.78 is 6.67. The summed E-state index contributed by atoms with van der Waals surface area (Å²) in [7, 11) is 0. The fourth-order valence-corrected chi connectivity index (χ4v) is 2.77. The topological polar surface area (TPSA) is 55.1 Å². The standard InChI is InChI=1S/C17H15BrN2O2/c1-10-14-9-13(18)3-4-15(14)22-16(10)17(21)20-11(2)12-5-7-19-8-6-12/h3-9,11H,1-2H3,(H,20,21). The summed E-state index contributed by atoms with van der Waals surface area (Å²) in [5.74, 6) is 0.142. The van der Waals surface area contributed by atoms with Crippen LogP contribution in [0.4, 0.5) is 0 Å². The molecule has 3 rings (SSSR count). The van der Waals surface area contributed by atoms with Crippen molar-refractivity contribution in [1.29, 1.82) is 0 Å². The summed E-state index contributed by atoms with van der Waals surface area (Å²) in [6.45, 7) is 3.83. The van der Waals surface area contributed by atoms with Crippen molar-refractivity contribution in [3.8, 4) is 0 Å². The quantitative estimate of drug-likeness (QED) is 0.755. The number of pyridine rings is 1. The lowest BCUT2D eigenvalue weighted by Gasteiger charge is -2.13. The Morgan fingerprint density at radius 1 is 1.27 bits per heavy atom. The number of carbonyl (C=O) groups excluding carboxylic acids is 1. The summed E-state index contributed by atoms with van der Waals surface area (Å²) in [5.41, 5.74) is 2.55. The van der Waals surface area contributed by atoms with Crippen molar-refractivity contribution in [3.63, 3.8) is 0 Å². The van der Waals surface area contributed by atoms with Crippen LogP contribution in [0.15, 0.2) is 51.6 Å². The molecule has 0 fully saturated rings. The number of fused-ring (bicyclic) bond motifs is 1. The van der Waals surface area contributed by atoms with E-state index in [0.717, 1.165) is 21.0 Å². The van der Waals surface area contributed by atoms with Gasteiger partial charge < -0.3 is 9.73 Å². The second-order valence-corrected chi connectivity index (χ2v) is 6.09. The molecule has 4 nitrogen and oxygen atoms in total. The lowest BCUT2D eigenvalue weighted by Crippen LogP contribution is -2.26. The number of amides is 1. The summed E-state index contributed by atoms with van der Waals surface area (Å²) in [5, 5.41) is 3.90. The van der Waals surface area contributed by atoms with Gasteiger partial charge in [0.2, 0.25) is 0 Å². The van der Waals surface area contributed by atoms with E-state index >= 15 is 0 Å². The van der Waals surface area contributed by atoms with Crippen LogP contribution in [0, 0.1) is 6.92 Å². The number of carbonyl (C=O) groups is 1. The molecule has 22 heavy (non-hydrogen) atoms. The molecule has 0 radical (unpaired) electrons. The van der Waals surface area contributed by atoms with E-state index in [2.05, 4.69) is 26.2 Å². The highest BCUT2D eigenvalue weighted by Gasteiger charge is 2.19. The van der Waals surface area contributed by atoms with E-state index in [-0.39, 0.29) is 11.9 Å². The third kappa shape index (κ3) is 2.76. The molecule has 0 aliphatic rings. The first-order valence-electron chi connectivity index (χ1n) is 6.95. The lowest BCUT2D eigenvalue weighted by atomic mass is 10.1. The zero-order valence-electron chi connectivity index (χ0n) is 12.3. The first kappa shape index (κ1) is 14.8. The van der Waals surface area contributed by atoms with Crippen molar-refractivity contribution in [2.45, 2.75) is 19.9 Å². The Balaban J connectivity index is 1.88. The molecular weight excluding hydrogens is 344 g/mol. The summed E-state index contributed by atoms with van der Waals surface area (Å²) >= 11 is 3.44. The molecule has 1 N–H and O–H groups in total. The molecule has 2 aromatic heterocycles. The van der Waals surface area contributed by atoms with E-state index < -0.39 is 0 Å². The third-order valence-corrected chi connectivity index (χ3v) is 4.15. The zero-order valence-corrected chi connectivity index (χ0v) is 13.8. The van der Waals surface area contributed by atoms with Crippen LogP contribution in [-0.4, -0.2) is 10.9 Å². The van der Waals surface area contributed by atoms with Crippen molar-refractivity contribution >= 4 is 32.8 Å². The second kappa shape index (κ2) is 5.93. The van der Waals surface area contributed by atoms with Crippen LogP contribution in [-0.2, 0) is 0 Å². The van der Waals surface area contributed by atoms with Crippen LogP contribution in [0.25, 0.3) is 11.0 Å². The molecule has 0 spiro atoms. The average Bonchev–Trinajstić information content (AvgIpc) is 2.85. The van der Waals surface area contributed by atoms with E-state index in [1.807, 2.05) is 44.2 Å². The fraction of sp³-hybridized carbons (Fsp3) is 0.176. The van der Waals surface area contributed by atoms with E-state index in [9.17, 15) is 4.79 Å². The van der Waals surface area contributed by atoms with E-state index in [1.165, 1.54) is 0 Å². The summed E-state index contributed by atoms with van der Waals surface area (Å²) in [4.78, 5) is 16.5. The van der Waals surface area contributed by atoms with Gasteiger partial charge in [0.25, 0.3) is 5.91 Å². The number of furan rings is 1. The predicted octanol–water partition coefficient (Wildman–Crippen LogP) is 4.39. The highest BCUT2D eigenvalue weighted by Crippen LogP contribution is 2.28. The molecular formula is C17H15BrN2O2. The molecule has 2 heterocycles. The van der Waals surface area contributed by atoms with Crippen LogP contribution in [0.3, 0.4) is 0 Å². The van der Waals surface area contributed by atoms with Crippen molar-refractivity contribution in [3.05, 3.63) is 64.1 Å². The van der Waals surface area contributed by atoms with Crippen molar-refractivity contribution in [1.82, 2.24) is 10.3 Å². The highest BCUT2D eigenvalue weighted by molar-refractivity contribution is 9.10. The molecule has 1 atom stereocenters. The van der Waals surface area contributed by atoms with Crippen molar-refractivity contribution in [2.24, 2.45) is 0 Å². The summed E-state index contributed by atoms with van der Waals surface area (Å²) in [6.07, 6.45) is 3.42. The molecule has 0 aliphatic heterocycles. The Labute approximate surface area is 136 Å². The van der Waals surface area contributed by atoms with E-state index in [1.54, 1.807) is 12.4 Å². The van der Waals surface area contributed by atoms with Gasteiger partial charge >= 0.3 is 0 Å². The third-order valence-electron chi connectivity index (χ3n) is 3.66. The molecule has 1 aromatic carbocycles. The Morgan fingerprint density at radius 3 is 2.73 bits per heavy atom. The molecule has 3 aromatic rings. The van der Waals surface area contributed by atoms with Gasteiger partial charge in [-0.15, -0.1) is 0 Å². The van der Waals surface area contributed by atoms with Gasteiger partial charge in [0.1, 0.15) is 5.58 Å². The molecule has 5 heteroatoms. The number of aryl methyl sites for hydroxylation is 1. The van der Waals surface area contributed by atoms with Gasteiger partial charge in [-0.2, -0.15) is 0 Å². The van der Waals surface area contributed by atoms with Gasteiger partial charge in [0, 0.05) is 27.8 Å². The molecule has 0 bridgehead atoms. The molecule has 0 aliphatic carbocycles. The van der Waals surface area contributed by atoms with Crippen LogP contribution in [0.5, 0.6) is 0 Å². The maximum atomic E-state index is 12.5. The SMILES string of the molecule is Cc1c(C(=O)NC(C)c2ccncc2)oc2ccc(Br)cc12. The van der Waals surface area contributed by atoms with Gasteiger partial charge in [-0.25, -0.2) is 0 Å². The van der Waals surface area contributed by atoms with E-state index in [4.69, 9.17) is 4.42 Å². The normalized spacial score (nSPS) is 12.3. The number of hydrogen-bond acceptors (Lipinski definition) is 3. The van der Waals surface area contributed by atoms with Crippen molar-refractivity contribution < 1.29 is 9.21 Å². The van der Waals surface area contributed by atoms with Gasteiger partial charge in [-0.05, 0) is 49.7 Å². The Bertz CT molecular complexity index is 827. The number of nitrogens with one attached hydrogen (secondary N) is 1. The largest absolute Gasteiger partial charge is 0.451 e. The predicted molar refractivity (Wildman–Crippen MR) is 88.8 cm³/mol. The number of hydrogen-bond donors (Lipinski definition) is 1. The van der Waals surface area contributed by atoms with Gasteiger partial charge in [0.15, 0.2) is 5.76 Å². The number of rotatable bonds is 3. The number of halogens is 1. The van der Waals surface area contributed by atoms with Crippen LogP contribution < -0.4 is 5.32 Å². The minimum absolute atomic E-state index is 0.116. The number of nitrogens with zero attached hydrogens (tertiary/aromatic N) is 1. The minimum atomic E-state index is -0.214. The van der Waals surface area contributed by atoms with Gasteiger partial charge in [-0.1, -0.05) is 15.9 Å². The Hall–Kier alpha value is -2.14. The zero-order chi connectivity index (χ0) is 15.7. The molecule has 0 saturated carbocycles.